The predicted molar refractivity (Wildman–Crippen MR) is 84.6 cm³/mol. The minimum Gasteiger partial charge on any atom is -0.341 e. The Bertz CT molecular complexity index is 400. The predicted octanol–water partition coefficient (Wildman–Crippen LogP) is 2.96. The van der Waals surface area contributed by atoms with Gasteiger partial charge in [0.05, 0.1) is 11.6 Å². The van der Waals surface area contributed by atoms with Crippen LogP contribution < -0.4 is 5.73 Å². The van der Waals surface area contributed by atoms with Gasteiger partial charge >= 0.3 is 0 Å². The number of carbonyl (C=O) groups is 1. The number of hydrogen-bond acceptors (Lipinski definition) is 4. The van der Waals surface area contributed by atoms with Gasteiger partial charge in [-0.1, -0.05) is 19.8 Å². The first kappa shape index (κ1) is 17.1. The molecule has 4 nitrogen and oxygen atoms in total. The molecule has 0 aliphatic heterocycles. The van der Waals surface area contributed by atoms with E-state index in [1.165, 1.54) is 6.42 Å². The van der Waals surface area contributed by atoms with Gasteiger partial charge in [-0.15, -0.1) is 11.3 Å². The fourth-order valence-corrected chi connectivity index (χ4v) is 3.24. The Kier molecular flexibility index (Phi) is 7.77. The van der Waals surface area contributed by atoms with Crippen LogP contribution in [-0.2, 0) is 11.3 Å². The average Bonchev–Trinajstić information content (AvgIpc) is 2.81. The van der Waals surface area contributed by atoms with E-state index in [0.717, 1.165) is 35.7 Å². The molecular weight excluding hydrogens is 270 g/mol. The summed E-state index contributed by atoms with van der Waals surface area (Å²) in [6.07, 6.45) is 6.79. The van der Waals surface area contributed by atoms with Crippen LogP contribution in [0, 0.1) is 12.8 Å². The second-order valence-corrected chi connectivity index (χ2v) is 6.69. The lowest BCUT2D eigenvalue weighted by Crippen LogP contribution is -2.26. The largest absolute Gasteiger partial charge is 0.341 e. The smallest absolute Gasteiger partial charge is 0.222 e. The van der Waals surface area contributed by atoms with E-state index in [9.17, 15) is 4.79 Å². The molecule has 0 saturated heterocycles. The molecule has 1 aromatic heterocycles. The standard InChI is InChI=1S/C15H27N3OS/c1-4-5-13(8-9-16)6-7-15(19)18(3)11-14-10-17-12(2)20-14/h10,13H,4-9,11,16H2,1-3H3. The lowest BCUT2D eigenvalue weighted by atomic mass is 9.94. The Balaban J connectivity index is 2.36. The van der Waals surface area contributed by atoms with Crippen LogP contribution in [0.25, 0.3) is 0 Å². The van der Waals surface area contributed by atoms with Crippen LogP contribution in [0.15, 0.2) is 6.20 Å². The van der Waals surface area contributed by atoms with Gasteiger partial charge in [0.1, 0.15) is 0 Å². The molecule has 1 aromatic rings. The zero-order valence-corrected chi connectivity index (χ0v) is 13.7. The van der Waals surface area contributed by atoms with Gasteiger partial charge < -0.3 is 10.6 Å². The van der Waals surface area contributed by atoms with Crippen molar-refractivity contribution in [3.63, 3.8) is 0 Å². The number of aryl methyl sites for hydroxylation is 1. The fraction of sp³-hybridized carbons (Fsp3) is 0.733. The van der Waals surface area contributed by atoms with Gasteiger partial charge in [0.2, 0.25) is 5.91 Å². The normalized spacial score (nSPS) is 12.4. The van der Waals surface area contributed by atoms with Gasteiger partial charge in [-0.3, -0.25) is 4.79 Å². The molecule has 0 aliphatic carbocycles. The molecule has 0 saturated carbocycles. The Morgan fingerprint density at radius 2 is 2.20 bits per heavy atom. The fourth-order valence-electron chi connectivity index (χ4n) is 2.40. The van der Waals surface area contributed by atoms with Crippen molar-refractivity contribution in [3.8, 4) is 0 Å². The molecule has 0 aromatic carbocycles. The molecule has 1 rings (SSSR count). The number of hydrogen-bond donors (Lipinski definition) is 1. The van der Waals surface area contributed by atoms with Crippen LogP contribution in [0.1, 0.15) is 48.9 Å². The summed E-state index contributed by atoms with van der Waals surface area (Å²) in [5, 5.41) is 1.05. The highest BCUT2D eigenvalue weighted by Crippen LogP contribution is 2.19. The quantitative estimate of drug-likeness (QED) is 0.762. The number of nitrogens with two attached hydrogens (primary N) is 1. The second-order valence-electron chi connectivity index (χ2n) is 5.37. The van der Waals surface area contributed by atoms with E-state index in [1.807, 2.05) is 20.2 Å². The highest BCUT2D eigenvalue weighted by atomic mass is 32.1. The van der Waals surface area contributed by atoms with E-state index in [2.05, 4.69) is 11.9 Å². The summed E-state index contributed by atoms with van der Waals surface area (Å²) < 4.78 is 0. The molecule has 114 valence electrons. The van der Waals surface area contributed by atoms with Crippen LogP contribution in [0.3, 0.4) is 0 Å². The summed E-state index contributed by atoms with van der Waals surface area (Å²) in [5.41, 5.74) is 5.63. The molecule has 1 heterocycles. The molecule has 0 radical (unpaired) electrons. The van der Waals surface area contributed by atoms with Crippen molar-refractivity contribution in [2.24, 2.45) is 11.7 Å². The first-order valence-corrected chi connectivity index (χ1v) is 8.23. The van der Waals surface area contributed by atoms with Crippen LogP contribution in [0.5, 0.6) is 0 Å². The molecule has 0 aliphatic rings. The third-order valence-corrected chi connectivity index (χ3v) is 4.42. The summed E-state index contributed by atoms with van der Waals surface area (Å²) in [7, 11) is 1.87. The van der Waals surface area contributed by atoms with Crippen molar-refractivity contribution in [1.82, 2.24) is 9.88 Å². The minimum atomic E-state index is 0.217. The molecule has 2 N–H and O–H groups in total. The Labute approximate surface area is 126 Å². The van der Waals surface area contributed by atoms with E-state index >= 15 is 0 Å². The van der Waals surface area contributed by atoms with E-state index in [0.29, 0.717) is 18.9 Å². The van der Waals surface area contributed by atoms with Crippen molar-refractivity contribution in [3.05, 3.63) is 16.1 Å². The topological polar surface area (TPSA) is 59.2 Å². The summed E-state index contributed by atoms with van der Waals surface area (Å²) in [4.78, 5) is 19.3. The van der Waals surface area contributed by atoms with Crippen LogP contribution in [0.4, 0.5) is 0 Å². The van der Waals surface area contributed by atoms with Crippen molar-refractivity contribution < 1.29 is 4.79 Å². The molecule has 1 atom stereocenters. The van der Waals surface area contributed by atoms with Gasteiger partial charge in [0, 0.05) is 24.5 Å². The zero-order chi connectivity index (χ0) is 15.0. The van der Waals surface area contributed by atoms with E-state index in [-0.39, 0.29) is 5.91 Å². The summed E-state index contributed by atoms with van der Waals surface area (Å²) in [5.74, 6) is 0.808. The van der Waals surface area contributed by atoms with Gasteiger partial charge in [-0.25, -0.2) is 4.98 Å². The van der Waals surface area contributed by atoms with E-state index in [4.69, 9.17) is 5.73 Å². The van der Waals surface area contributed by atoms with E-state index in [1.54, 1.807) is 16.2 Å². The summed E-state index contributed by atoms with van der Waals surface area (Å²) in [6, 6.07) is 0. The van der Waals surface area contributed by atoms with Gasteiger partial charge in [-0.2, -0.15) is 0 Å². The number of rotatable bonds is 9. The first-order valence-electron chi connectivity index (χ1n) is 7.42. The number of aromatic nitrogens is 1. The highest BCUT2D eigenvalue weighted by Gasteiger charge is 2.14. The van der Waals surface area contributed by atoms with Crippen LogP contribution >= 0.6 is 11.3 Å². The Morgan fingerprint density at radius 3 is 2.75 bits per heavy atom. The second kappa shape index (κ2) is 9.08. The lowest BCUT2D eigenvalue weighted by molar-refractivity contribution is -0.130. The van der Waals surface area contributed by atoms with Crippen molar-refractivity contribution in [2.75, 3.05) is 13.6 Å². The number of nitrogens with zero attached hydrogens (tertiary/aromatic N) is 2. The third-order valence-electron chi connectivity index (χ3n) is 3.53. The molecular formula is C15H27N3OS. The molecule has 0 bridgehead atoms. The maximum atomic E-state index is 12.1. The Hall–Kier alpha value is -0.940. The number of thiazole rings is 1. The van der Waals surface area contributed by atoms with Gasteiger partial charge in [0.25, 0.3) is 0 Å². The van der Waals surface area contributed by atoms with Crippen molar-refractivity contribution in [2.45, 2.75) is 52.5 Å². The first-order chi connectivity index (χ1) is 9.56. The van der Waals surface area contributed by atoms with Crippen LogP contribution in [0.2, 0.25) is 0 Å². The van der Waals surface area contributed by atoms with Crippen molar-refractivity contribution >= 4 is 17.2 Å². The lowest BCUT2D eigenvalue weighted by Gasteiger charge is -2.19. The summed E-state index contributed by atoms with van der Waals surface area (Å²) in [6.45, 7) is 5.55. The van der Waals surface area contributed by atoms with Gasteiger partial charge in [0.15, 0.2) is 0 Å². The molecule has 1 unspecified atom stereocenters. The average molecular weight is 297 g/mol. The van der Waals surface area contributed by atoms with E-state index < -0.39 is 0 Å². The molecule has 1 amide bonds. The minimum absolute atomic E-state index is 0.217. The number of amides is 1. The number of carbonyl (C=O) groups excluding carboxylic acids is 1. The third kappa shape index (κ3) is 6.01. The maximum absolute atomic E-state index is 12.1. The summed E-state index contributed by atoms with van der Waals surface area (Å²) >= 11 is 1.65. The van der Waals surface area contributed by atoms with Crippen LogP contribution in [-0.4, -0.2) is 29.4 Å². The molecule has 0 spiro atoms. The SMILES string of the molecule is CCCC(CCN)CCC(=O)N(C)Cc1cnc(C)s1. The zero-order valence-electron chi connectivity index (χ0n) is 12.9. The monoisotopic (exact) mass is 297 g/mol. The maximum Gasteiger partial charge on any atom is 0.222 e. The molecule has 5 heteroatoms. The van der Waals surface area contributed by atoms with Crippen molar-refractivity contribution in [1.29, 1.82) is 0 Å². The van der Waals surface area contributed by atoms with Gasteiger partial charge in [-0.05, 0) is 32.2 Å². The molecule has 20 heavy (non-hydrogen) atoms. The Morgan fingerprint density at radius 1 is 1.45 bits per heavy atom. The highest BCUT2D eigenvalue weighted by molar-refractivity contribution is 7.11. The molecule has 0 fully saturated rings.